The van der Waals surface area contributed by atoms with E-state index in [0.29, 0.717) is 0 Å². The number of para-hydroxylation sites is 1. The first kappa shape index (κ1) is 14.1. The van der Waals surface area contributed by atoms with Gasteiger partial charge < -0.3 is 14.3 Å². The first-order valence-corrected chi connectivity index (χ1v) is 7.07. The van der Waals surface area contributed by atoms with Gasteiger partial charge in [-0.05, 0) is 43.6 Å². The molecule has 4 heteroatoms. The van der Waals surface area contributed by atoms with Crippen molar-refractivity contribution in [1.82, 2.24) is 9.55 Å². The van der Waals surface area contributed by atoms with E-state index in [1.807, 2.05) is 26.0 Å². The number of H-pyrrole nitrogens is 1. The molecule has 0 radical (unpaired) electrons. The van der Waals surface area contributed by atoms with Crippen molar-refractivity contribution in [3.05, 3.63) is 23.0 Å². The lowest BCUT2D eigenvalue weighted by atomic mass is 9.97. The average Bonchev–Trinajstić information content (AvgIpc) is 2.55. The molecule has 0 unspecified atom stereocenters. The molecule has 0 aliphatic carbocycles. The molecule has 2 aromatic rings. The number of imidazole rings is 1. The van der Waals surface area contributed by atoms with E-state index in [0.717, 1.165) is 28.1 Å². The van der Waals surface area contributed by atoms with Crippen molar-refractivity contribution < 1.29 is 4.74 Å². The van der Waals surface area contributed by atoms with E-state index in [-0.39, 0.29) is 11.5 Å². The van der Waals surface area contributed by atoms with Crippen LogP contribution < -0.4 is 4.74 Å². The second-order valence-electron chi connectivity index (χ2n) is 6.39. The number of aromatic nitrogens is 2. The lowest BCUT2D eigenvalue weighted by Crippen LogP contribution is -2.15. The van der Waals surface area contributed by atoms with Crippen LogP contribution in [-0.4, -0.2) is 15.7 Å². The highest BCUT2D eigenvalue weighted by Crippen LogP contribution is 2.28. The molecule has 0 saturated carbocycles. The molecular weight excluding hydrogens is 256 g/mol. The second-order valence-corrected chi connectivity index (χ2v) is 6.78. The molecule has 104 valence electrons. The topological polar surface area (TPSA) is 29.9 Å². The fourth-order valence-corrected chi connectivity index (χ4v) is 2.40. The zero-order valence-corrected chi connectivity index (χ0v) is 13.1. The molecule has 1 aromatic carbocycles. The van der Waals surface area contributed by atoms with E-state index in [2.05, 4.69) is 36.4 Å². The van der Waals surface area contributed by atoms with Gasteiger partial charge >= 0.3 is 0 Å². The molecule has 3 nitrogen and oxygen atoms in total. The zero-order valence-electron chi connectivity index (χ0n) is 12.3. The van der Waals surface area contributed by atoms with Gasteiger partial charge in [0.05, 0.1) is 11.6 Å². The SMILES string of the molecule is CC(C)Oc1cccc2c1[nH]c(=S)n2CC(C)(C)C. The normalized spacial score (nSPS) is 12.3. The van der Waals surface area contributed by atoms with E-state index in [1.54, 1.807) is 0 Å². The Morgan fingerprint density at radius 3 is 2.58 bits per heavy atom. The summed E-state index contributed by atoms with van der Waals surface area (Å²) >= 11 is 5.45. The molecule has 0 amide bonds. The molecule has 1 heterocycles. The number of aromatic amines is 1. The third kappa shape index (κ3) is 3.18. The minimum absolute atomic E-state index is 0.151. The van der Waals surface area contributed by atoms with Gasteiger partial charge in [-0.3, -0.25) is 0 Å². The highest BCUT2D eigenvalue weighted by atomic mass is 32.1. The number of hydrogen-bond donors (Lipinski definition) is 1. The largest absolute Gasteiger partial charge is 0.489 e. The smallest absolute Gasteiger partial charge is 0.178 e. The zero-order chi connectivity index (χ0) is 14.2. The first-order valence-electron chi connectivity index (χ1n) is 6.66. The maximum absolute atomic E-state index is 5.84. The molecule has 0 spiro atoms. The Labute approximate surface area is 119 Å². The van der Waals surface area contributed by atoms with Gasteiger partial charge in [-0.1, -0.05) is 26.8 Å². The third-order valence-corrected chi connectivity index (χ3v) is 3.09. The minimum atomic E-state index is 0.151. The molecule has 0 fully saturated rings. The Balaban J connectivity index is 2.56. The van der Waals surface area contributed by atoms with Crippen molar-refractivity contribution in [3.63, 3.8) is 0 Å². The molecule has 0 saturated heterocycles. The van der Waals surface area contributed by atoms with Crippen LogP contribution in [0.3, 0.4) is 0 Å². The lowest BCUT2D eigenvalue weighted by Gasteiger charge is -2.19. The number of hydrogen-bond acceptors (Lipinski definition) is 2. The number of ether oxygens (including phenoxy) is 1. The molecule has 0 aliphatic rings. The first-order chi connectivity index (χ1) is 8.78. The van der Waals surface area contributed by atoms with Crippen LogP contribution in [0.5, 0.6) is 5.75 Å². The van der Waals surface area contributed by atoms with Crippen molar-refractivity contribution in [3.8, 4) is 5.75 Å². The van der Waals surface area contributed by atoms with E-state index in [4.69, 9.17) is 17.0 Å². The van der Waals surface area contributed by atoms with Gasteiger partial charge in [-0.25, -0.2) is 0 Å². The van der Waals surface area contributed by atoms with Gasteiger partial charge in [0.1, 0.15) is 11.3 Å². The van der Waals surface area contributed by atoms with Crippen LogP contribution in [0.1, 0.15) is 34.6 Å². The maximum Gasteiger partial charge on any atom is 0.178 e. The summed E-state index contributed by atoms with van der Waals surface area (Å²) in [5.41, 5.74) is 2.28. The second kappa shape index (κ2) is 5.00. The molecule has 2 rings (SSSR count). The van der Waals surface area contributed by atoms with Gasteiger partial charge in [-0.15, -0.1) is 0 Å². The van der Waals surface area contributed by atoms with Crippen LogP contribution in [0.25, 0.3) is 11.0 Å². The molecule has 1 aromatic heterocycles. The Morgan fingerprint density at radius 1 is 1.32 bits per heavy atom. The minimum Gasteiger partial charge on any atom is -0.489 e. The summed E-state index contributed by atoms with van der Waals surface area (Å²) in [6, 6.07) is 6.08. The summed E-state index contributed by atoms with van der Waals surface area (Å²) in [4.78, 5) is 3.28. The van der Waals surface area contributed by atoms with Crippen molar-refractivity contribution in [2.45, 2.75) is 47.3 Å². The summed E-state index contributed by atoms with van der Waals surface area (Å²) in [6.07, 6.45) is 0.151. The van der Waals surface area contributed by atoms with Crippen LogP contribution in [-0.2, 0) is 6.54 Å². The summed E-state index contributed by atoms with van der Waals surface area (Å²) in [5.74, 6) is 0.867. The number of fused-ring (bicyclic) bond motifs is 1. The van der Waals surface area contributed by atoms with Gasteiger partial charge in [0.25, 0.3) is 0 Å². The van der Waals surface area contributed by atoms with Crippen LogP contribution in [0, 0.1) is 10.2 Å². The fraction of sp³-hybridized carbons (Fsp3) is 0.533. The van der Waals surface area contributed by atoms with Crippen molar-refractivity contribution in [2.24, 2.45) is 5.41 Å². The van der Waals surface area contributed by atoms with Crippen LogP contribution in [0.4, 0.5) is 0 Å². The predicted molar refractivity (Wildman–Crippen MR) is 82.3 cm³/mol. The molecule has 0 bridgehead atoms. The average molecular weight is 278 g/mol. The van der Waals surface area contributed by atoms with Gasteiger partial charge in [0, 0.05) is 6.54 Å². The Morgan fingerprint density at radius 2 is 2.00 bits per heavy atom. The van der Waals surface area contributed by atoms with Crippen LogP contribution >= 0.6 is 12.2 Å². The van der Waals surface area contributed by atoms with Crippen LogP contribution in [0.15, 0.2) is 18.2 Å². The molecule has 0 atom stereocenters. The fourth-order valence-electron chi connectivity index (χ4n) is 2.14. The molecular formula is C15H22N2OS. The van der Waals surface area contributed by atoms with Gasteiger partial charge in [-0.2, -0.15) is 0 Å². The number of nitrogens with one attached hydrogen (secondary N) is 1. The monoisotopic (exact) mass is 278 g/mol. The summed E-state index contributed by atoms with van der Waals surface area (Å²) < 4.78 is 8.74. The van der Waals surface area contributed by atoms with E-state index in [9.17, 15) is 0 Å². The Bertz CT molecular complexity index is 632. The summed E-state index contributed by atoms with van der Waals surface area (Å²) in [6.45, 7) is 11.6. The Hall–Kier alpha value is -1.29. The van der Waals surface area contributed by atoms with Gasteiger partial charge in [0.2, 0.25) is 0 Å². The predicted octanol–water partition coefficient (Wildman–Crippen LogP) is 4.53. The lowest BCUT2D eigenvalue weighted by molar-refractivity contribution is 0.245. The third-order valence-electron chi connectivity index (χ3n) is 2.77. The number of nitrogens with zero attached hydrogens (tertiary/aromatic N) is 1. The molecule has 0 aliphatic heterocycles. The van der Waals surface area contributed by atoms with Crippen LogP contribution in [0.2, 0.25) is 0 Å². The maximum atomic E-state index is 5.84. The van der Waals surface area contributed by atoms with E-state index >= 15 is 0 Å². The highest BCUT2D eigenvalue weighted by Gasteiger charge is 2.16. The van der Waals surface area contributed by atoms with E-state index < -0.39 is 0 Å². The Kier molecular flexibility index (Phi) is 3.72. The number of benzene rings is 1. The molecule has 1 N–H and O–H groups in total. The highest BCUT2D eigenvalue weighted by molar-refractivity contribution is 7.71. The summed E-state index contributed by atoms with van der Waals surface area (Å²) in [5, 5.41) is 0. The van der Waals surface area contributed by atoms with Crippen molar-refractivity contribution in [2.75, 3.05) is 0 Å². The van der Waals surface area contributed by atoms with Crippen molar-refractivity contribution >= 4 is 23.3 Å². The van der Waals surface area contributed by atoms with Gasteiger partial charge in [0.15, 0.2) is 4.77 Å². The number of rotatable bonds is 3. The quantitative estimate of drug-likeness (QED) is 0.836. The summed E-state index contributed by atoms with van der Waals surface area (Å²) in [7, 11) is 0. The molecule has 19 heavy (non-hydrogen) atoms. The van der Waals surface area contributed by atoms with E-state index in [1.165, 1.54) is 0 Å². The van der Waals surface area contributed by atoms with Crippen molar-refractivity contribution in [1.29, 1.82) is 0 Å². The standard InChI is InChI=1S/C15H22N2OS/c1-10(2)18-12-8-6-7-11-13(12)16-14(19)17(11)9-15(3,4)5/h6-8,10H,9H2,1-5H3,(H,16,19).